The zero-order valence-electron chi connectivity index (χ0n) is 20.3. The first-order chi connectivity index (χ1) is 15.6. The van der Waals surface area contributed by atoms with Crippen molar-refractivity contribution < 1.29 is 14.6 Å². The molecule has 2 aromatic carbocycles. The normalized spacial score (nSPS) is 13.5. The standard InChI is InChI=1S/C16H15O3.3C4H9.Sn/c17-15(13-7-3-1-4-8-13)11-12-19-16(18)14-9-5-2-6-10-14;3*1-3-4-2;/h1-10,12,15,17H,11H2;3*1,3-4H2,2H3;/t15-;;;;/m1..../s1. The fourth-order valence-corrected chi connectivity index (χ4v) is 21.7. The van der Waals surface area contributed by atoms with Gasteiger partial charge in [-0.15, -0.1) is 0 Å². The molecule has 0 bridgehead atoms. The topological polar surface area (TPSA) is 46.5 Å². The third kappa shape index (κ3) is 8.22. The Kier molecular flexibility index (Phi) is 12.4. The third-order valence-electron chi connectivity index (χ3n) is 6.65. The predicted molar refractivity (Wildman–Crippen MR) is 137 cm³/mol. The van der Waals surface area contributed by atoms with E-state index in [0.29, 0.717) is 12.0 Å². The molecule has 2 aromatic rings. The molecule has 176 valence electrons. The molecule has 3 nitrogen and oxygen atoms in total. The van der Waals surface area contributed by atoms with Crippen LogP contribution in [0.15, 0.2) is 60.7 Å². The number of unbranched alkanes of at least 4 members (excludes halogenated alkanes) is 3. The van der Waals surface area contributed by atoms with E-state index in [1.807, 2.05) is 60.7 Å². The van der Waals surface area contributed by atoms with Crippen molar-refractivity contribution in [1.82, 2.24) is 0 Å². The molecule has 0 heterocycles. The van der Waals surface area contributed by atoms with Crippen LogP contribution in [0.25, 0.3) is 0 Å². The van der Waals surface area contributed by atoms with Crippen molar-refractivity contribution in [2.75, 3.05) is 0 Å². The Morgan fingerprint density at radius 2 is 1.28 bits per heavy atom. The summed E-state index contributed by atoms with van der Waals surface area (Å²) in [6, 6.07) is 19.2. The van der Waals surface area contributed by atoms with Crippen molar-refractivity contribution >= 4 is 24.3 Å². The number of hydrogen-bond donors (Lipinski definition) is 1. The Labute approximate surface area is 199 Å². The van der Waals surface area contributed by atoms with Gasteiger partial charge in [0.2, 0.25) is 0 Å². The molecule has 0 aliphatic rings. The van der Waals surface area contributed by atoms with Gasteiger partial charge in [-0.3, -0.25) is 0 Å². The molecule has 0 unspecified atom stereocenters. The van der Waals surface area contributed by atoms with Crippen LogP contribution in [0.3, 0.4) is 0 Å². The summed E-state index contributed by atoms with van der Waals surface area (Å²) in [6.45, 7) is 6.75. The van der Waals surface area contributed by atoms with Gasteiger partial charge in [0.05, 0.1) is 0 Å². The van der Waals surface area contributed by atoms with E-state index < -0.39 is 24.5 Å². The van der Waals surface area contributed by atoms with E-state index in [-0.39, 0.29) is 10.1 Å². The van der Waals surface area contributed by atoms with Crippen LogP contribution in [0.5, 0.6) is 0 Å². The summed E-state index contributed by atoms with van der Waals surface area (Å²) in [7, 11) is 0. The number of aliphatic hydroxyl groups is 1. The zero-order valence-corrected chi connectivity index (χ0v) is 23.1. The molecule has 0 amide bonds. The second-order valence-corrected chi connectivity index (χ2v) is 23.0. The Morgan fingerprint density at radius 1 is 0.812 bits per heavy atom. The maximum absolute atomic E-state index is 13.2. The van der Waals surface area contributed by atoms with Crippen LogP contribution in [0, 0.1) is 0 Å². The molecule has 2 rings (SSSR count). The molecule has 0 aliphatic carbocycles. The number of ether oxygens (including phenoxy) is 1. The van der Waals surface area contributed by atoms with E-state index >= 15 is 0 Å². The summed E-state index contributed by atoms with van der Waals surface area (Å²) in [4.78, 5) is 13.2. The predicted octanol–water partition coefficient (Wildman–Crippen LogP) is 7.72. The molecular weight excluding hydrogens is 503 g/mol. The number of hydrogen-bond acceptors (Lipinski definition) is 3. The molecule has 0 saturated heterocycles. The fourth-order valence-electron chi connectivity index (χ4n) is 4.65. The average molecular weight is 545 g/mol. The minimum atomic E-state index is -2.94. The molecule has 0 aliphatic heterocycles. The van der Waals surface area contributed by atoms with Gasteiger partial charge in [0.25, 0.3) is 0 Å². The van der Waals surface area contributed by atoms with Gasteiger partial charge in [0, 0.05) is 0 Å². The molecule has 0 radical (unpaired) electrons. The van der Waals surface area contributed by atoms with Crippen LogP contribution in [0.1, 0.15) is 87.7 Å². The van der Waals surface area contributed by atoms with Crippen LogP contribution in [-0.4, -0.2) is 33.6 Å². The fraction of sp³-hybridized carbons (Fsp3) is 0.536. The molecule has 2 atom stereocenters. The molecule has 0 spiro atoms. The van der Waals surface area contributed by atoms with E-state index in [9.17, 15) is 9.90 Å². The van der Waals surface area contributed by atoms with Gasteiger partial charge in [-0.05, 0) is 0 Å². The monoisotopic (exact) mass is 546 g/mol. The van der Waals surface area contributed by atoms with Crippen LogP contribution in [-0.2, 0) is 4.74 Å². The van der Waals surface area contributed by atoms with Gasteiger partial charge >= 0.3 is 200 Å². The van der Waals surface area contributed by atoms with Gasteiger partial charge in [0.15, 0.2) is 0 Å². The number of carbonyl (C=O) groups excluding carboxylic acids is 1. The summed E-state index contributed by atoms with van der Waals surface area (Å²) in [5, 5.41) is 11.2. The first-order valence-corrected chi connectivity index (χ1v) is 20.3. The first kappa shape index (κ1) is 26.9. The van der Waals surface area contributed by atoms with Gasteiger partial charge in [-0.1, -0.05) is 0 Å². The van der Waals surface area contributed by atoms with Crippen molar-refractivity contribution in [1.29, 1.82) is 0 Å². The number of carbonyl (C=O) groups is 1. The minimum absolute atomic E-state index is 0.114. The summed E-state index contributed by atoms with van der Waals surface area (Å²) in [5.74, 6) is -0.235. The first-order valence-electron chi connectivity index (χ1n) is 12.5. The summed E-state index contributed by atoms with van der Waals surface area (Å²) < 4.78 is 9.97. The Hall–Kier alpha value is -1.33. The van der Waals surface area contributed by atoms with Gasteiger partial charge in [0.1, 0.15) is 0 Å². The van der Waals surface area contributed by atoms with Crippen LogP contribution in [0.2, 0.25) is 13.3 Å². The molecule has 0 fully saturated rings. The van der Waals surface area contributed by atoms with Crippen molar-refractivity contribution in [2.45, 2.75) is 89.3 Å². The van der Waals surface area contributed by atoms with Crippen molar-refractivity contribution in [3.05, 3.63) is 71.8 Å². The Bertz CT molecular complexity index is 741. The van der Waals surface area contributed by atoms with Crippen molar-refractivity contribution in [3.8, 4) is 0 Å². The second-order valence-electron chi connectivity index (χ2n) is 9.10. The van der Waals surface area contributed by atoms with Crippen molar-refractivity contribution in [3.63, 3.8) is 0 Å². The second kappa shape index (κ2) is 14.7. The molecular formula is C28H42O3Sn. The van der Waals surface area contributed by atoms with Gasteiger partial charge in [-0.2, -0.15) is 0 Å². The SMILES string of the molecule is CCC[CH2][Sn]([CH2]CCC)([CH2]CCC)[C@@H](C[C@@H](O)c1ccccc1)OC(=O)c1ccccc1. The quantitative estimate of drug-likeness (QED) is 0.184. The molecule has 0 aromatic heterocycles. The van der Waals surface area contributed by atoms with E-state index in [4.69, 9.17) is 4.74 Å². The molecule has 1 N–H and O–H groups in total. The van der Waals surface area contributed by atoms with Crippen molar-refractivity contribution in [2.24, 2.45) is 0 Å². The van der Waals surface area contributed by atoms with E-state index in [1.165, 1.54) is 32.6 Å². The number of esters is 1. The molecule has 32 heavy (non-hydrogen) atoms. The number of benzene rings is 2. The van der Waals surface area contributed by atoms with Crippen LogP contribution in [0.4, 0.5) is 0 Å². The average Bonchev–Trinajstić information content (AvgIpc) is 2.84. The molecule has 4 heteroatoms. The van der Waals surface area contributed by atoms with Gasteiger partial charge < -0.3 is 0 Å². The number of aliphatic hydroxyl groups excluding tert-OH is 1. The van der Waals surface area contributed by atoms with Crippen LogP contribution >= 0.6 is 0 Å². The van der Waals surface area contributed by atoms with E-state index in [2.05, 4.69) is 20.8 Å². The van der Waals surface area contributed by atoms with Gasteiger partial charge in [-0.25, -0.2) is 0 Å². The zero-order chi connectivity index (χ0) is 23.2. The Balaban J connectivity index is 2.40. The Morgan fingerprint density at radius 3 is 1.75 bits per heavy atom. The maximum atomic E-state index is 13.2. The summed E-state index contributed by atoms with van der Waals surface area (Å²) in [5.41, 5.74) is 1.52. The van der Waals surface area contributed by atoms with Crippen LogP contribution < -0.4 is 0 Å². The van der Waals surface area contributed by atoms with E-state index in [1.54, 1.807) is 0 Å². The molecule has 0 saturated carbocycles. The summed E-state index contributed by atoms with van der Waals surface area (Å²) >= 11 is -2.94. The third-order valence-corrected chi connectivity index (χ3v) is 23.1. The van der Waals surface area contributed by atoms with E-state index in [0.717, 1.165) is 24.8 Å². The number of rotatable bonds is 15. The summed E-state index contributed by atoms with van der Waals surface area (Å²) in [6.07, 6.45) is 7.01.